The number of carbonyl (C=O) groups excluding carboxylic acids is 1. The molecular weight excluding hydrogens is 484 g/mol. The van der Waals surface area contributed by atoms with Crippen LogP contribution in [-0.4, -0.2) is 72.1 Å². The van der Waals surface area contributed by atoms with Crippen LogP contribution in [0.25, 0.3) is 10.9 Å². The number of carbonyl (C=O) groups is 1. The van der Waals surface area contributed by atoms with Crippen LogP contribution in [0.15, 0.2) is 53.3 Å². The van der Waals surface area contributed by atoms with Gasteiger partial charge in [0.2, 0.25) is 6.79 Å². The lowest BCUT2D eigenvalue weighted by atomic mass is 10.1. The molecule has 3 aromatic rings. The third kappa shape index (κ3) is 5.13. The van der Waals surface area contributed by atoms with Crippen LogP contribution >= 0.6 is 11.6 Å². The van der Waals surface area contributed by atoms with E-state index in [0.717, 1.165) is 18.8 Å². The van der Waals surface area contributed by atoms with E-state index in [1.54, 1.807) is 35.0 Å². The third-order valence-corrected chi connectivity index (χ3v) is 6.80. The van der Waals surface area contributed by atoms with Crippen molar-refractivity contribution in [1.82, 2.24) is 14.4 Å². The summed E-state index contributed by atoms with van der Waals surface area (Å²) in [6, 6.07) is 14.5. The number of pyridine rings is 1. The van der Waals surface area contributed by atoms with Crippen LogP contribution in [0.5, 0.6) is 5.75 Å². The minimum atomic E-state index is -1.33. The molecule has 1 atom stereocenters. The Morgan fingerprint density at radius 2 is 1.78 bits per heavy atom. The van der Waals surface area contributed by atoms with Crippen molar-refractivity contribution in [3.63, 3.8) is 0 Å². The lowest BCUT2D eigenvalue weighted by Crippen LogP contribution is -2.47. The number of hydrogen-bond donors (Lipinski definition) is 1. The number of benzene rings is 2. The van der Waals surface area contributed by atoms with Crippen LogP contribution in [0.3, 0.4) is 0 Å². The Kier molecular flexibility index (Phi) is 8.03. The SMILES string of the molecule is CCN(c1ccccc1)C(O)c1c(OCOC(=O)N2CCN(C)CC2)c2c(Cl)cccc2n(C)c1=O. The van der Waals surface area contributed by atoms with E-state index in [2.05, 4.69) is 4.90 Å². The van der Waals surface area contributed by atoms with E-state index in [1.807, 2.05) is 44.3 Å². The van der Waals surface area contributed by atoms with Crippen LogP contribution in [0.2, 0.25) is 5.02 Å². The number of aliphatic hydroxyl groups is 1. The minimum Gasteiger partial charge on any atom is -0.456 e. The first-order chi connectivity index (χ1) is 17.3. The number of aryl methyl sites for hydroxylation is 1. The summed E-state index contributed by atoms with van der Waals surface area (Å²) in [5.74, 6) is 0.0896. The maximum absolute atomic E-state index is 13.5. The van der Waals surface area contributed by atoms with Crippen molar-refractivity contribution in [1.29, 1.82) is 0 Å². The minimum absolute atomic E-state index is 0.0134. The van der Waals surface area contributed by atoms with Crippen LogP contribution in [-0.2, 0) is 11.8 Å². The number of likely N-dealkylation sites (N-methyl/N-ethyl adjacent to an activating group) is 1. The molecule has 4 rings (SSSR count). The highest BCUT2D eigenvalue weighted by atomic mass is 35.5. The summed E-state index contributed by atoms with van der Waals surface area (Å²) in [5.41, 5.74) is 0.847. The highest BCUT2D eigenvalue weighted by Gasteiger charge is 2.29. The van der Waals surface area contributed by atoms with E-state index in [4.69, 9.17) is 21.1 Å². The molecule has 1 N–H and O–H groups in total. The third-order valence-electron chi connectivity index (χ3n) is 6.49. The van der Waals surface area contributed by atoms with Gasteiger partial charge in [-0.3, -0.25) is 4.79 Å². The van der Waals surface area contributed by atoms with E-state index < -0.39 is 24.7 Å². The highest BCUT2D eigenvalue weighted by molar-refractivity contribution is 6.36. The molecule has 0 bridgehead atoms. The summed E-state index contributed by atoms with van der Waals surface area (Å²) in [4.78, 5) is 31.5. The van der Waals surface area contributed by atoms with Gasteiger partial charge < -0.3 is 33.8 Å². The van der Waals surface area contributed by atoms with Gasteiger partial charge in [-0.15, -0.1) is 0 Å². The van der Waals surface area contributed by atoms with Gasteiger partial charge in [0, 0.05) is 45.5 Å². The summed E-state index contributed by atoms with van der Waals surface area (Å²) in [6.07, 6.45) is -1.83. The predicted molar refractivity (Wildman–Crippen MR) is 140 cm³/mol. The van der Waals surface area contributed by atoms with E-state index in [0.29, 0.717) is 35.6 Å². The first-order valence-corrected chi connectivity index (χ1v) is 12.2. The van der Waals surface area contributed by atoms with Crippen molar-refractivity contribution in [2.24, 2.45) is 7.05 Å². The van der Waals surface area contributed by atoms with Gasteiger partial charge in [0.1, 0.15) is 11.3 Å². The molecular formula is C26H31ClN4O5. The van der Waals surface area contributed by atoms with E-state index in [1.165, 1.54) is 4.57 Å². The zero-order valence-electron chi connectivity index (χ0n) is 20.7. The molecule has 1 saturated heterocycles. The molecule has 1 fully saturated rings. The van der Waals surface area contributed by atoms with Gasteiger partial charge in [0.25, 0.3) is 5.56 Å². The number of piperazine rings is 1. The fraction of sp³-hybridized carbons (Fsp3) is 0.385. The summed E-state index contributed by atoms with van der Waals surface area (Å²) in [5, 5.41) is 12.3. The lowest BCUT2D eigenvalue weighted by molar-refractivity contribution is 0.0255. The quantitative estimate of drug-likeness (QED) is 0.483. The molecule has 2 heterocycles. The van der Waals surface area contributed by atoms with E-state index in [9.17, 15) is 14.7 Å². The van der Waals surface area contributed by atoms with Crippen LogP contribution in [0.4, 0.5) is 10.5 Å². The predicted octanol–water partition coefficient (Wildman–Crippen LogP) is 3.43. The molecule has 1 amide bonds. The van der Waals surface area contributed by atoms with Crippen LogP contribution in [0, 0.1) is 0 Å². The average Bonchev–Trinajstić information content (AvgIpc) is 2.88. The second kappa shape index (κ2) is 11.2. The normalized spacial score (nSPS) is 15.1. The van der Waals surface area contributed by atoms with Crippen molar-refractivity contribution in [2.45, 2.75) is 13.2 Å². The van der Waals surface area contributed by atoms with Crippen molar-refractivity contribution >= 4 is 34.3 Å². The van der Waals surface area contributed by atoms with Gasteiger partial charge in [-0.25, -0.2) is 4.79 Å². The zero-order chi connectivity index (χ0) is 25.8. The maximum atomic E-state index is 13.5. The Morgan fingerprint density at radius 3 is 2.44 bits per heavy atom. The average molecular weight is 515 g/mol. The summed E-state index contributed by atoms with van der Waals surface area (Å²) < 4.78 is 12.8. The number of aromatic nitrogens is 1. The number of nitrogens with zero attached hydrogens (tertiary/aromatic N) is 4. The largest absolute Gasteiger partial charge is 0.456 e. The van der Waals surface area contributed by atoms with Gasteiger partial charge in [-0.05, 0) is 38.2 Å². The number of halogens is 1. The smallest absolute Gasteiger partial charge is 0.412 e. The molecule has 1 aliphatic heterocycles. The van der Waals surface area contributed by atoms with Crippen molar-refractivity contribution < 1.29 is 19.4 Å². The van der Waals surface area contributed by atoms with Gasteiger partial charge in [-0.1, -0.05) is 35.9 Å². The molecule has 36 heavy (non-hydrogen) atoms. The number of fused-ring (bicyclic) bond motifs is 1. The molecule has 1 unspecified atom stereocenters. The standard InChI is InChI=1S/C26H31ClN4O5/c1-4-31(18-9-6-5-7-10-18)25(33)22-23(21-19(27)11-8-12-20(21)29(3)24(22)32)35-17-36-26(34)30-15-13-28(2)14-16-30/h5-12,25,33H,4,13-17H2,1-3H3. The molecule has 10 heteroatoms. The van der Waals surface area contributed by atoms with Gasteiger partial charge >= 0.3 is 6.09 Å². The van der Waals surface area contributed by atoms with E-state index >= 15 is 0 Å². The number of para-hydroxylation sites is 1. The van der Waals surface area contributed by atoms with Crippen LogP contribution in [0.1, 0.15) is 18.7 Å². The number of aliphatic hydroxyl groups excluding tert-OH is 1. The molecule has 0 aliphatic carbocycles. The summed E-state index contributed by atoms with van der Waals surface area (Å²) in [6.45, 7) is 4.50. The monoisotopic (exact) mass is 514 g/mol. The second-order valence-electron chi connectivity index (χ2n) is 8.70. The van der Waals surface area contributed by atoms with Crippen molar-refractivity contribution in [3.05, 3.63) is 69.5 Å². The number of hydrogen-bond acceptors (Lipinski definition) is 7. The van der Waals surface area contributed by atoms with Crippen LogP contribution < -0.4 is 15.2 Å². The topological polar surface area (TPSA) is 87.5 Å². The lowest BCUT2D eigenvalue weighted by Gasteiger charge is -2.32. The Morgan fingerprint density at radius 1 is 1.08 bits per heavy atom. The summed E-state index contributed by atoms with van der Waals surface area (Å²) >= 11 is 6.56. The number of rotatable bonds is 7. The zero-order valence-corrected chi connectivity index (χ0v) is 21.4. The fourth-order valence-electron chi connectivity index (χ4n) is 4.41. The Balaban J connectivity index is 1.70. The van der Waals surface area contributed by atoms with Crippen molar-refractivity contribution in [2.75, 3.05) is 51.5 Å². The Hall–Kier alpha value is -3.27. The fourth-order valence-corrected chi connectivity index (χ4v) is 4.66. The van der Waals surface area contributed by atoms with Gasteiger partial charge in [0.15, 0.2) is 6.23 Å². The molecule has 0 radical (unpaired) electrons. The van der Waals surface area contributed by atoms with Gasteiger partial charge in [0.05, 0.1) is 15.9 Å². The van der Waals surface area contributed by atoms with Gasteiger partial charge in [-0.2, -0.15) is 0 Å². The molecule has 0 saturated carbocycles. The second-order valence-corrected chi connectivity index (χ2v) is 9.11. The molecule has 1 aromatic heterocycles. The molecule has 1 aliphatic rings. The highest BCUT2D eigenvalue weighted by Crippen LogP contribution is 2.37. The maximum Gasteiger partial charge on any atom is 0.412 e. The number of anilines is 1. The van der Waals surface area contributed by atoms with Crippen molar-refractivity contribution in [3.8, 4) is 5.75 Å². The molecule has 9 nitrogen and oxygen atoms in total. The summed E-state index contributed by atoms with van der Waals surface area (Å²) in [7, 11) is 3.62. The first kappa shape index (κ1) is 25.8. The Labute approximate surface area is 215 Å². The first-order valence-electron chi connectivity index (χ1n) is 11.9. The molecule has 0 spiro atoms. The molecule has 2 aromatic carbocycles. The number of ether oxygens (including phenoxy) is 2. The Bertz CT molecular complexity index is 1270. The van der Waals surface area contributed by atoms with E-state index in [-0.39, 0.29) is 11.3 Å². The number of amides is 1. The molecule has 192 valence electrons.